The zero-order valence-electron chi connectivity index (χ0n) is 19.8. The van der Waals surface area contributed by atoms with Crippen molar-refractivity contribution in [3.05, 3.63) is 35.9 Å². The molecule has 9 heteroatoms. The fourth-order valence-corrected chi connectivity index (χ4v) is 5.61. The molecule has 0 aromatic heterocycles. The van der Waals surface area contributed by atoms with Crippen molar-refractivity contribution in [3.63, 3.8) is 0 Å². The second kappa shape index (κ2) is 12.5. The maximum Gasteiger partial charge on any atom is 0.193 e. The molecule has 182 valence electrons. The van der Waals surface area contributed by atoms with Gasteiger partial charge in [-0.15, -0.1) is 24.0 Å². The van der Waals surface area contributed by atoms with Gasteiger partial charge in [0.05, 0.1) is 10.5 Å². The van der Waals surface area contributed by atoms with Gasteiger partial charge >= 0.3 is 0 Å². The van der Waals surface area contributed by atoms with Crippen molar-refractivity contribution in [2.45, 2.75) is 38.5 Å². The lowest BCUT2D eigenvalue weighted by molar-refractivity contribution is 0.127. The van der Waals surface area contributed by atoms with E-state index in [1.165, 1.54) is 5.56 Å². The van der Waals surface area contributed by atoms with E-state index in [4.69, 9.17) is 4.99 Å². The standard InChI is InChI=1S/C23H39N5O2S.HI/c1-4-24-22(28-17-18-31(29,30)23(2,3)20-28)25-11-8-12-26-13-15-27(16-14-26)19-21-9-6-5-7-10-21;/h5-7,9-10H,4,8,11-20H2,1-3H3,(H,24,25);1H. The van der Waals surface area contributed by atoms with E-state index in [-0.39, 0.29) is 29.7 Å². The Hall–Kier alpha value is -0.910. The van der Waals surface area contributed by atoms with Crippen LogP contribution in [-0.4, -0.2) is 98.5 Å². The molecule has 0 atom stereocenters. The quantitative estimate of drug-likeness (QED) is 0.232. The number of nitrogens with one attached hydrogen (secondary N) is 1. The predicted molar refractivity (Wildman–Crippen MR) is 144 cm³/mol. The average Bonchev–Trinajstić information content (AvgIpc) is 2.74. The second-order valence-electron chi connectivity index (χ2n) is 9.19. The van der Waals surface area contributed by atoms with E-state index in [0.29, 0.717) is 13.1 Å². The lowest BCUT2D eigenvalue weighted by atomic mass is 10.2. The Labute approximate surface area is 211 Å². The number of hydrogen-bond donors (Lipinski definition) is 1. The minimum Gasteiger partial charge on any atom is -0.357 e. The maximum absolute atomic E-state index is 12.3. The lowest BCUT2D eigenvalue weighted by Crippen LogP contribution is -2.57. The summed E-state index contributed by atoms with van der Waals surface area (Å²) in [6, 6.07) is 10.7. The van der Waals surface area contributed by atoms with Crippen LogP contribution in [0.5, 0.6) is 0 Å². The first-order valence-electron chi connectivity index (χ1n) is 11.5. The number of nitrogens with zero attached hydrogens (tertiary/aromatic N) is 4. The molecule has 3 rings (SSSR count). The maximum atomic E-state index is 12.3. The van der Waals surface area contributed by atoms with Crippen molar-refractivity contribution in [1.82, 2.24) is 20.0 Å². The average molecular weight is 578 g/mol. The Morgan fingerprint density at radius 3 is 2.34 bits per heavy atom. The van der Waals surface area contributed by atoms with E-state index in [9.17, 15) is 8.42 Å². The third-order valence-corrected chi connectivity index (χ3v) is 8.82. The molecule has 0 bridgehead atoms. The molecule has 0 amide bonds. The van der Waals surface area contributed by atoms with Gasteiger partial charge in [-0.1, -0.05) is 30.3 Å². The Morgan fingerprint density at radius 2 is 1.72 bits per heavy atom. The first-order chi connectivity index (χ1) is 14.8. The minimum atomic E-state index is -3.04. The molecular weight excluding hydrogens is 537 g/mol. The van der Waals surface area contributed by atoms with Gasteiger partial charge in [0.1, 0.15) is 0 Å². The molecule has 1 N–H and O–H groups in total. The topological polar surface area (TPSA) is 68.2 Å². The van der Waals surface area contributed by atoms with Crippen LogP contribution in [0.3, 0.4) is 0 Å². The van der Waals surface area contributed by atoms with Crippen LogP contribution in [0.1, 0.15) is 32.8 Å². The van der Waals surface area contributed by atoms with Gasteiger partial charge in [-0.05, 0) is 32.8 Å². The molecule has 32 heavy (non-hydrogen) atoms. The van der Waals surface area contributed by atoms with Gasteiger partial charge in [-0.25, -0.2) is 8.42 Å². The Balaban J connectivity index is 0.00000363. The first-order valence-corrected chi connectivity index (χ1v) is 13.2. The SMILES string of the molecule is CCNC(=NCCCN1CCN(Cc2ccccc2)CC1)N1CCS(=O)(=O)C(C)(C)C1.I. The van der Waals surface area contributed by atoms with Gasteiger partial charge < -0.3 is 15.1 Å². The monoisotopic (exact) mass is 577 g/mol. The summed E-state index contributed by atoms with van der Waals surface area (Å²) >= 11 is 0. The van der Waals surface area contributed by atoms with Crippen LogP contribution in [0.2, 0.25) is 0 Å². The summed E-state index contributed by atoms with van der Waals surface area (Å²) < 4.78 is 23.9. The van der Waals surface area contributed by atoms with E-state index in [0.717, 1.165) is 64.7 Å². The molecule has 2 fully saturated rings. The summed E-state index contributed by atoms with van der Waals surface area (Å²) in [5.41, 5.74) is 1.38. The van der Waals surface area contributed by atoms with Crippen molar-refractivity contribution in [2.75, 3.05) is 64.7 Å². The van der Waals surface area contributed by atoms with Gasteiger partial charge in [0.2, 0.25) is 0 Å². The first kappa shape index (κ1) is 27.3. The molecule has 2 aliphatic rings. The predicted octanol–water partition coefficient (Wildman–Crippen LogP) is 2.29. The van der Waals surface area contributed by atoms with Crippen LogP contribution < -0.4 is 5.32 Å². The number of halogens is 1. The van der Waals surface area contributed by atoms with Crippen LogP contribution in [0.15, 0.2) is 35.3 Å². The van der Waals surface area contributed by atoms with E-state index in [2.05, 4.69) is 57.3 Å². The molecule has 0 radical (unpaired) electrons. The summed E-state index contributed by atoms with van der Waals surface area (Å²) in [4.78, 5) is 12.0. The Kier molecular flexibility index (Phi) is 10.7. The highest BCUT2D eigenvalue weighted by molar-refractivity contribution is 14.0. The summed E-state index contributed by atoms with van der Waals surface area (Å²) in [6.07, 6.45) is 1.02. The van der Waals surface area contributed by atoms with Crippen molar-refractivity contribution >= 4 is 39.8 Å². The second-order valence-corrected chi connectivity index (χ2v) is 11.9. The zero-order valence-corrected chi connectivity index (χ0v) is 22.9. The molecule has 0 spiro atoms. The van der Waals surface area contributed by atoms with Crippen LogP contribution in [0, 0.1) is 0 Å². The molecule has 2 saturated heterocycles. The molecule has 1 aromatic carbocycles. The number of sulfone groups is 1. The fraction of sp³-hybridized carbons (Fsp3) is 0.696. The van der Waals surface area contributed by atoms with Gasteiger partial charge in [0.15, 0.2) is 15.8 Å². The highest BCUT2D eigenvalue weighted by Crippen LogP contribution is 2.23. The van der Waals surface area contributed by atoms with Gasteiger partial charge in [-0.2, -0.15) is 0 Å². The smallest absolute Gasteiger partial charge is 0.193 e. The van der Waals surface area contributed by atoms with Crippen LogP contribution in [0.25, 0.3) is 0 Å². The summed E-state index contributed by atoms with van der Waals surface area (Å²) in [7, 11) is -3.04. The Morgan fingerprint density at radius 1 is 1.06 bits per heavy atom. The van der Waals surface area contributed by atoms with E-state index >= 15 is 0 Å². The third kappa shape index (κ3) is 7.56. The van der Waals surface area contributed by atoms with E-state index in [1.807, 2.05) is 13.8 Å². The van der Waals surface area contributed by atoms with Crippen LogP contribution >= 0.6 is 24.0 Å². The molecule has 0 saturated carbocycles. The number of benzene rings is 1. The molecule has 2 aliphatic heterocycles. The van der Waals surface area contributed by atoms with Crippen molar-refractivity contribution in [1.29, 1.82) is 0 Å². The third-order valence-electron chi connectivity index (χ3n) is 6.29. The fourth-order valence-electron chi connectivity index (χ4n) is 4.24. The number of rotatable bonds is 7. The number of piperazine rings is 1. The Bertz CT molecular complexity index is 824. The molecule has 1 aromatic rings. The van der Waals surface area contributed by atoms with Crippen molar-refractivity contribution in [3.8, 4) is 0 Å². The van der Waals surface area contributed by atoms with Gasteiger partial charge in [0.25, 0.3) is 0 Å². The molecule has 7 nitrogen and oxygen atoms in total. The van der Waals surface area contributed by atoms with Crippen LogP contribution in [-0.2, 0) is 16.4 Å². The van der Waals surface area contributed by atoms with E-state index in [1.54, 1.807) is 0 Å². The molecular formula is C23H40IN5O2S. The summed E-state index contributed by atoms with van der Waals surface area (Å²) in [5, 5.41) is 3.35. The van der Waals surface area contributed by atoms with Crippen molar-refractivity contribution < 1.29 is 8.42 Å². The molecule has 2 heterocycles. The molecule has 0 unspecified atom stereocenters. The summed E-state index contributed by atoms with van der Waals surface area (Å²) in [5.74, 6) is 1.04. The number of aliphatic imine (C=N–C) groups is 1. The minimum absolute atomic E-state index is 0. The number of hydrogen-bond acceptors (Lipinski definition) is 5. The zero-order chi connectivity index (χ0) is 22.3. The number of guanidine groups is 1. The van der Waals surface area contributed by atoms with Gasteiger partial charge in [-0.3, -0.25) is 9.89 Å². The van der Waals surface area contributed by atoms with Gasteiger partial charge in [0, 0.05) is 65.4 Å². The highest BCUT2D eigenvalue weighted by Gasteiger charge is 2.40. The normalized spacial score (nSPS) is 21.7. The van der Waals surface area contributed by atoms with E-state index < -0.39 is 14.6 Å². The van der Waals surface area contributed by atoms with Crippen molar-refractivity contribution in [2.24, 2.45) is 4.99 Å². The van der Waals surface area contributed by atoms with Crippen LogP contribution in [0.4, 0.5) is 0 Å². The summed E-state index contributed by atoms with van der Waals surface area (Å²) in [6.45, 7) is 14.8. The highest BCUT2D eigenvalue weighted by atomic mass is 127. The lowest BCUT2D eigenvalue weighted by Gasteiger charge is -2.39. The largest absolute Gasteiger partial charge is 0.357 e. The molecule has 0 aliphatic carbocycles.